The monoisotopic (exact) mass is 382 g/mol. The summed E-state index contributed by atoms with van der Waals surface area (Å²) in [5, 5.41) is 14.5. The van der Waals surface area contributed by atoms with Crippen LogP contribution in [0.5, 0.6) is 0 Å². The van der Waals surface area contributed by atoms with Gasteiger partial charge in [-0.15, -0.1) is 0 Å². The van der Waals surface area contributed by atoms with Crippen molar-refractivity contribution < 1.29 is 19.5 Å². The van der Waals surface area contributed by atoms with Crippen molar-refractivity contribution in [3.8, 4) is 0 Å². The average molecular weight is 382 g/mol. The summed E-state index contributed by atoms with van der Waals surface area (Å²) >= 11 is 0. The Kier molecular flexibility index (Phi) is 7.32. The van der Waals surface area contributed by atoms with E-state index in [2.05, 4.69) is 10.6 Å². The van der Waals surface area contributed by atoms with Crippen molar-refractivity contribution >= 4 is 23.5 Å². The Labute approximate surface area is 165 Å². The maximum atomic E-state index is 12.8. The Morgan fingerprint density at radius 1 is 1.04 bits per heavy atom. The summed E-state index contributed by atoms with van der Waals surface area (Å²) in [5.74, 6) is -1.36. The van der Waals surface area contributed by atoms with Crippen LogP contribution in [0, 0.1) is 12.8 Å². The third kappa shape index (κ3) is 6.23. The zero-order valence-corrected chi connectivity index (χ0v) is 16.4. The molecule has 0 saturated carbocycles. The van der Waals surface area contributed by atoms with Crippen LogP contribution >= 0.6 is 0 Å². The number of anilines is 1. The Hall–Kier alpha value is -3.15. The minimum atomic E-state index is -0.938. The van der Waals surface area contributed by atoms with E-state index in [9.17, 15) is 14.4 Å². The van der Waals surface area contributed by atoms with Gasteiger partial charge in [-0.05, 0) is 48.6 Å². The first kappa shape index (κ1) is 21.2. The molecule has 148 valence electrons. The number of benzene rings is 2. The number of aliphatic carboxylic acids is 1. The SMILES string of the molecule is Cc1ccccc1C(=O)NC(CC(C)C)C(=O)Nc1cccc(CC(=O)O)c1. The third-order valence-electron chi connectivity index (χ3n) is 4.27. The van der Waals surface area contributed by atoms with Crippen LogP contribution in [0.4, 0.5) is 5.69 Å². The molecule has 0 heterocycles. The molecule has 0 aromatic heterocycles. The first-order chi connectivity index (χ1) is 13.3. The van der Waals surface area contributed by atoms with E-state index in [0.717, 1.165) is 5.56 Å². The highest BCUT2D eigenvalue weighted by Crippen LogP contribution is 2.15. The minimum absolute atomic E-state index is 0.122. The molecule has 3 N–H and O–H groups in total. The number of rotatable bonds is 8. The molecule has 1 unspecified atom stereocenters. The molecule has 2 aromatic rings. The van der Waals surface area contributed by atoms with Gasteiger partial charge in [0.05, 0.1) is 6.42 Å². The molecule has 0 aliphatic carbocycles. The Bertz CT molecular complexity index is 861. The summed E-state index contributed by atoms with van der Waals surface area (Å²) < 4.78 is 0. The molecule has 1 atom stereocenters. The molecular weight excluding hydrogens is 356 g/mol. The fraction of sp³-hybridized carbons (Fsp3) is 0.318. The van der Waals surface area contributed by atoms with E-state index in [4.69, 9.17) is 5.11 Å². The minimum Gasteiger partial charge on any atom is -0.481 e. The average Bonchev–Trinajstić information content (AvgIpc) is 2.60. The summed E-state index contributed by atoms with van der Waals surface area (Å²) in [6.07, 6.45) is 0.363. The summed E-state index contributed by atoms with van der Waals surface area (Å²) in [6.45, 7) is 5.81. The van der Waals surface area contributed by atoms with E-state index < -0.39 is 12.0 Å². The molecule has 0 radical (unpaired) electrons. The topological polar surface area (TPSA) is 95.5 Å². The maximum Gasteiger partial charge on any atom is 0.307 e. The number of amides is 2. The van der Waals surface area contributed by atoms with Crippen molar-refractivity contribution in [3.63, 3.8) is 0 Å². The molecule has 0 saturated heterocycles. The van der Waals surface area contributed by atoms with E-state index >= 15 is 0 Å². The predicted octanol–water partition coefficient (Wildman–Crippen LogP) is 3.41. The highest BCUT2D eigenvalue weighted by Gasteiger charge is 2.23. The Morgan fingerprint density at radius 3 is 2.39 bits per heavy atom. The van der Waals surface area contributed by atoms with Crippen LogP contribution in [0.1, 0.15) is 41.8 Å². The number of carbonyl (C=O) groups is 3. The molecule has 0 aliphatic heterocycles. The van der Waals surface area contributed by atoms with Crippen molar-refractivity contribution in [1.29, 1.82) is 0 Å². The summed E-state index contributed by atoms with van der Waals surface area (Å²) in [7, 11) is 0. The Balaban J connectivity index is 2.14. The predicted molar refractivity (Wildman–Crippen MR) is 108 cm³/mol. The van der Waals surface area contributed by atoms with E-state index in [0.29, 0.717) is 23.2 Å². The van der Waals surface area contributed by atoms with Gasteiger partial charge in [0.25, 0.3) is 5.91 Å². The molecule has 2 amide bonds. The van der Waals surface area contributed by atoms with Crippen LogP contribution in [0.3, 0.4) is 0 Å². The largest absolute Gasteiger partial charge is 0.481 e. The molecule has 6 nitrogen and oxygen atoms in total. The number of carbonyl (C=O) groups excluding carboxylic acids is 2. The van der Waals surface area contributed by atoms with Gasteiger partial charge in [0.2, 0.25) is 5.91 Å². The first-order valence-electron chi connectivity index (χ1n) is 9.24. The van der Waals surface area contributed by atoms with E-state index in [1.807, 2.05) is 32.9 Å². The van der Waals surface area contributed by atoms with Crippen LogP contribution in [-0.2, 0) is 16.0 Å². The lowest BCUT2D eigenvalue weighted by Crippen LogP contribution is -2.44. The van der Waals surface area contributed by atoms with Crippen LogP contribution in [0.25, 0.3) is 0 Å². The van der Waals surface area contributed by atoms with E-state index in [1.54, 1.807) is 36.4 Å². The van der Waals surface area contributed by atoms with Crippen molar-refractivity contribution in [1.82, 2.24) is 5.32 Å². The van der Waals surface area contributed by atoms with Gasteiger partial charge in [-0.1, -0.05) is 44.2 Å². The zero-order valence-electron chi connectivity index (χ0n) is 16.4. The lowest BCUT2D eigenvalue weighted by Gasteiger charge is -2.21. The fourth-order valence-electron chi connectivity index (χ4n) is 2.93. The summed E-state index contributed by atoms with van der Waals surface area (Å²) in [6, 6.07) is 13.2. The van der Waals surface area contributed by atoms with Crippen LogP contribution in [0.15, 0.2) is 48.5 Å². The molecule has 28 heavy (non-hydrogen) atoms. The van der Waals surface area contributed by atoms with Gasteiger partial charge < -0.3 is 15.7 Å². The lowest BCUT2D eigenvalue weighted by molar-refractivity contribution is -0.136. The molecule has 2 rings (SSSR count). The van der Waals surface area contributed by atoms with Crippen LogP contribution in [-0.4, -0.2) is 28.9 Å². The van der Waals surface area contributed by atoms with Gasteiger partial charge in [-0.2, -0.15) is 0 Å². The molecule has 0 bridgehead atoms. The van der Waals surface area contributed by atoms with Crippen molar-refractivity contribution in [2.24, 2.45) is 5.92 Å². The van der Waals surface area contributed by atoms with Gasteiger partial charge in [0.1, 0.15) is 6.04 Å². The second kappa shape index (κ2) is 9.69. The fourth-order valence-corrected chi connectivity index (χ4v) is 2.93. The quantitative estimate of drug-likeness (QED) is 0.652. The summed E-state index contributed by atoms with van der Waals surface area (Å²) in [5.41, 5.74) is 2.47. The Morgan fingerprint density at radius 2 is 1.75 bits per heavy atom. The molecule has 0 fully saturated rings. The molecule has 2 aromatic carbocycles. The molecule has 6 heteroatoms. The zero-order chi connectivity index (χ0) is 20.7. The van der Waals surface area contributed by atoms with Crippen molar-refractivity contribution in [2.75, 3.05) is 5.32 Å². The highest BCUT2D eigenvalue weighted by atomic mass is 16.4. The number of hydrogen-bond donors (Lipinski definition) is 3. The van der Waals surface area contributed by atoms with Gasteiger partial charge in [-0.3, -0.25) is 14.4 Å². The lowest BCUT2D eigenvalue weighted by atomic mass is 10.0. The second-order valence-electron chi connectivity index (χ2n) is 7.23. The standard InChI is InChI=1S/C22H26N2O4/c1-14(2)11-19(24-21(27)18-10-5-4-7-15(18)3)22(28)23-17-9-6-8-16(12-17)13-20(25)26/h4-10,12,14,19H,11,13H2,1-3H3,(H,23,28)(H,24,27)(H,25,26). The van der Waals surface area contributed by atoms with Crippen LogP contribution in [0.2, 0.25) is 0 Å². The number of nitrogens with one attached hydrogen (secondary N) is 2. The van der Waals surface area contributed by atoms with Crippen molar-refractivity contribution in [3.05, 3.63) is 65.2 Å². The van der Waals surface area contributed by atoms with Crippen molar-refractivity contribution in [2.45, 2.75) is 39.7 Å². The number of hydrogen-bond acceptors (Lipinski definition) is 3. The maximum absolute atomic E-state index is 12.8. The smallest absolute Gasteiger partial charge is 0.307 e. The van der Waals surface area contributed by atoms with Gasteiger partial charge in [0.15, 0.2) is 0 Å². The van der Waals surface area contributed by atoms with Gasteiger partial charge >= 0.3 is 5.97 Å². The second-order valence-corrected chi connectivity index (χ2v) is 7.23. The summed E-state index contributed by atoms with van der Waals surface area (Å²) in [4.78, 5) is 36.3. The molecule has 0 spiro atoms. The van der Waals surface area contributed by atoms with Gasteiger partial charge in [0, 0.05) is 11.3 Å². The van der Waals surface area contributed by atoms with Crippen LogP contribution < -0.4 is 10.6 Å². The molecular formula is C22H26N2O4. The van der Waals surface area contributed by atoms with E-state index in [1.165, 1.54) is 0 Å². The first-order valence-corrected chi connectivity index (χ1v) is 9.24. The number of carboxylic acids is 1. The number of aryl methyl sites for hydroxylation is 1. The van der Waals surface area contributed by atoms with Gasteiger partial charge in [-0.25, -0.2) is 0 Å². The molecule has 0 aliphatic rings. The highest BCUT2D eigenvalue weighted by molar-refractivity contribution is 6.01. The normalized spacial score (nSPS) is 11.7. The number of carboxylic acid groups (broad SMARTS) is 1. The van der Waals surface area contributed by atoms with E-state index in [-0.39, 0.29) is 24.2 Å². The third-order valence-corrected chi connectivity index (χ3v) is 4.27.